The van der Waals surface area contributed by atoms with Gasteiger partial charge in [-0.3, -0.25) is 4.79 Å². The molecule has 5 nitrogen and oxygen atoms in total. The Bertz CT molecular complexity index is 1090. The first-order valence-electron chi connectivity index (χ1n) is 10.7. The Morgan fingerprint density at radius 2 is 1.36 bits per heavy atom. The first-order chi connectivity index (χ1) is 16.1. The maximum absolute atomic E-state index is 13.8. The van der Waals surface area contributed by atoms with Gasteiger partial charge in [-0.25, -0.2) is 9.37 Å². The molecule has 0 radical (unpaired) electrons. The number of imidazole rings is 1. The largest absolute Gasteiger partial charge is 0.480 e. The lowest BCUT2D eigenvalue weighted by Crippen LogP contribution is -2.54. The van der Waals surface area contributed by atoms with Gasteiger partial charge in [0.1, 0.15) is 12.2 Å². The molecule has 6 heteroatoms. The third kappa shape index (κ3) is 3.94. The van der Waals surface area contributed by atoms with Crippen LogP contribution in [0.15, 0.2) is 104 Å². The van der Waals surface area contributed by atoms with E-state index in [9.17, 15) is 14.3 Å². The van der Waals surface area contributed by atoms with Gasteiger partial charge in [0.15, 0.2) is 5.54 Å². The summed E-state index contributed by atoms with van der Waals surface area (Å²) in [5.74, 6) is -1.25. The highest BCUT2D eigenvalue weighted by Crippen LogP contribution is 2.40. The second-order valence-corrected chi connectivity index (χ2v) is 8.03. The fourth-order valence-electron chi connectivity index (χ4n) is 4.37. The maximum Gasteiger partial charge on any atom is 0.327 e. The van der Waals surface area contributed by atoms with Crippen molar-refractivity contribution in [3.63, 3.8) is 0 Å². The number of nitrogens with one attached hydrogen (secondary N) is 1. The summed E-state index contributed by atoms with van der Waals surface area (Å²) in [6.07, 6.45) is 3.43. The molecule has 1 heterocycles. The molecule has 0 saturated heterocycles. The van der Waals surface area contributed by atoms with Gasteiger partial charge >= 0.3 is 5.97 Å². The van der Waals surface area contributed by atoms with E-state index in [1.165, 1.54) is 7.05 Å². The smallest absolute Gasteiger partial charge is 0.327 e. The molecule has 0 saturated carbocycles. The van der Waals surface area contributed by atoms with Crippen molar-refractivity contribution in [2.75, 3.05) is 13.7 Å². The van der Waals surface area contributed by atoms with Gasteiger partial charge in [0, 0.05) is 12.6 Å². The lowest BCUT2D eigenvalue weighted by molar-refractivity contribution is -0.145. The zero-order valence-electron chi connectivity index (χ0n) is 18.4. The summed E-state index contributed by atoms with van der Waals surface area (Å²) in [7, 11) is 1.45. The van der Waals surface area contributed by atoms with Crippen LogP contribution in [0.25, 0.3) is 0 Å². The summed E-state index contributed by atoms with van der Waals surface area (Å²) in [6.45, 7) is -1.05. The number of halogens is 1. The zero-order valence-corrected chi connectivity index (χ0v) is 18.4. The highest BCUT2D eigenvalue weighted by molar-refractivity contribution is 5.79. The molecule has 1 aromatic heterocycles. The minimum absolute atomic E-state index is 0.0865. The minimum atomic E-state index is -1.73. The molecular weight excluding hydrogens is 417 g/mol. The monoisotopic (exact) mass is 443 g/mol. The molecule has 0 fully saturated rings. The highest BCUT2D eigenvalue weighted by Gasteiger charge is 2.41. The van der Waals surface area contributed by atoms with Crippen molar-refractivity contribution >= 4 is 5.97 Å². The Balaban J connectivity index is 1.95. The Morgan fingerprint density at radius 3 is 1.73 bits per heavy atom. The average Bonchev–Trinajstić information content (AvgIpc) is 3.33. The van der Waals surface area contributed by atoms with Crippen LogP contribution in [0.5, 0.6) is 0 Å². The number of rotatable bonds is 9. The number of carboxylic acid groups (broad SMARTS) is 1. The molecule has 0 spiro atoms. The molecule has 168 valence electrons. The number of carboxylic acids is 1. The quantitative estimate of drug-likeness (QED) is 0.379. The van der Waals surface area contributed by atoms with Crippen LogP contribution < -0.4 is 5.32 Å². The summed E-state index contributed by atoms with van der Waals surface area (Å²) in [4.78, 5) is 16.3. The molecular formula is C27H26FN3O2. The molecule has 0 bridgehead atoms. The number of likely N-dealkylation sites (N-methyl/N-ethyl adjacent to an activating group) is 1. The maximum atomic E-state index is 13.8. The first kappa shape index (κ1) is 22.4. The van der Waals surface area contributed by atoms with Crippen molar-refractivity contribution in [2.45, 2.75) is 17.5 Å². The van der Waals surface area contributed by atoms with Crippen molar-refractivity contribution in [3.05, 3.63) is 126 Å². The van der Waals surface area contributed by atoms with E-state index in [-0.39, 0.29) is 6.42 Å². The SMILES string of the molecule is CN[C@@](CF)(Cc1cn(C(c2ccccc2)(c2ccccc2)c2ccccc2)cn1)C(=O)O. The van der Waals surface area contributed by atoms with Crippen LogP contribution in [0.3, 0.4) is 0 Å². The van der Waals surface area contributed by atoms with Crippen LogP contribution in [-0.4, -0.2) is 39.9 Å². The van der Waals surface area contributed by atoms with Crippen LogP contribution in [0.2, 0.25) is 0 Å². The number of benzene rings is 3. The Hall–Kier alpha value is -3.77. The first-order valence-corrected chi connectivity index (χ1v) is 10.7. The van der Waals surface area contributed by atoms with Crippen molar-refractivity contribution in [1.29, 1.82) is 0 Å². The predicted molar refractivity (Wildman–Crippen MR) is 126 cm³/mol. The van der Waals surface area contributed by atoms with Gasteiger partial charge in [-0.1, -0.05) is 91.0 Å². The molecule has 0 unspecified atom stereocenters. The number of aliphatic carboxylic acids is 1. The molecule has 2 N–H and O–H groups in total. The summed E-state index contributed by atoms with van der Waals surface area (Å²) in [5.41, 5.74) is 1.07. The molecule has 1 atom stereocenters. The van der Waals surface area contributed by atoms with E-state index in [0.717, 1.165) is 16.7 Å². The molecule has 4 aromatic rings. The second kappa shape index (κ2) is 9.38. The van der Waals surface area contributed by atoms with E-state index >= 15 is 0 Å². The third-order valence-corrected chi connectivity index (χ3v) is 6.20. The molecule has 0 aliphatic carbocycles. The third-order valence-electron chi connectivity index (χ3n) is 6.20. The zero-order chi connectivity index (χ0) is 23.3. The molecule has 3 aromatic carbocycles. The topological polar surface area (TPSA) is 67.2 Å². The Labute approximate surface area is 192 Å². The van der Waals surface area contributed by atoms with Gasteiger partial charge in [0.2, 0.25) is 0 Å². The lowest BCUT2D eigenvalue weighted by Gasteiger charge is -2.37. The fraction of sp³-hybridized carbons (Fsp3) is 0.185. The van der Waals surface area contributed by atoms with Gasteiger partial charge in [-0.15, -0.1) is 0 Å². The summed E-state index contributed by atoms with van der Waals surface area (Å²) >= 11 is 0. The standard InChI is InChI=1S/C27H26FN3O2/c1-29-26(19-28,25(32)33)17-24-18-31(20-30-24)27(21-11-5-2-6-12-21,22-13-7-3-8-14-22)23-15-9-4-10-16-23/h2-16,18,20,29H,17,19H2,1H3,(H,32,33)/t26-/m1/s1. The number of hydrogen-bond donors (Lipinski definition) is 2. The number of alkyl halides is 1. The molecule has 0 aliphatic heterocycles. The molecule has 33 heavy (non-hydrogen) atoms. The van der Waals surface area contributed by atoms with E-state index in [1.807, 2.05) is 65.4 Å². The van der Waals surface area contributed by atoms with Gasteiger partial charge in [-0.2, -0.15) is 0 Å². The van der Waals surface area contributed by atoms with Crippen LogP contribution in [-0.2, 0) is 16.8 Å². The Kier molecular flexibility index (Phi) is 6.38. The van der Waals surface area contributed by atoms with Gasteiger partial charge in [0.05, 0.1) is 12.0 Å². The molecule has 0 aliphatic rings. The second-order valence-electron chi connectivity index (χ2n) is 8.03. The number of nitrogens with zero attached hydrogens (tertiary/aromatic N) is 2. The minimum Gasteiger partial charge on any atom is -0.480 e. The van der Waals surface area contributed by atoms with Crippen molar-refractivity contribution in [3.8, 4) is 0 Å². The molecule has 0 amide bonds. The van der Waals surface area contributed by atoms with Gasteiger partial charge < -0.3 is 15.0 Å². The predicted octanol–water partition coefficient (Wildman–Crippen LogP) is 4.28. The van der Waals surface area contributed by atoms with Crippen molar-refractivity contribution in [1.82, 2.24) is 14.9 Å². The van der Waals surface area contributed by atoms with E-state index in [4.69, 9.17) is 0 Å². The van der Waals surface area contributed by atoms with Crippen molar-refractivity contribution < 1.29 is 14.3 Å². The number of carbonyl (C=O) groups is 1. The van der Waals surface area contributed by atoms with Crippen molar-refractivity contribution in [2.24, 2.45) is 0 Å². The van der Waals surface area contributed by atoms with Crippen LogP contribution >= 0.6 is 0 Å². The van der Waals surface area contributed by atoms with E-state index in [0.29, 0.717) is 5.69 Å². The Morgan fingerprint density at radius 1 is 0.909 bits per heavy atom. The van der Waals surface area contributed by atoms with Gasteiger partial charge in [-0.05, 0) is 23.7 Å². The average molecular weight is 444 g/mol. The van der Waals surface area contributed by atoms with Crippen LogP contribution in [0, 0.1) is 0 Å². The van der Waals surface area contributed by atoms with Crippen LogP contribution in [0.1, 0.15) is 22.4 Å². The molecule has 4 rings (SSSR count). The van der Waals surface area contributed by atoms with E-state index in [2.05, 4.69) is 46.7 Å². The lowest BCUT2D eigenvalue weighted by atomic mass is 9.76. The summed E-state index contributed by atoms with van der Waals surface area (Å²) in [6, 6.07) is 30.3. The van der Waals surface area contributed by atoms with E-state index < -0.39 is 23.7 Å². The summed E-state index contributed by atoms with van der Waals surface area (Å²) < 4.78 is 15.8. The fourth-order valence-corrected chi connectivity index (χ4v) is 4.37. The van der Waals surface area contributed by atoms with E-state index in [1.54, 1.807) is 6.33 Å². The highest BCUT2D eigenvalue weighted by atomic mass is 19.1. The number of hydrogen-bond acceptors (Lipinski definition) is 3. The van der Waals surface area contributed by atoms with Crippen LogP contribution in [0.4, 0.5) is 4.39 Å². The summed E-state index contributed by atoms with van der Waals surface area (Å²) in [5, 5.41) is 12.3. The van der Waals surface area contributed by atoms with Gasteiger partial charge in [0.25, 0.3) is 0 Å². The normalized spacial score (nSPS) is 13.4. The number of aromatic nitrogens is 2.